The third kappa shape index (κ3) is 2.91. The highest BCUT2D eigenvalue weighted by atomic mass is 35.5. The van der Waals surface area contributed by atoms with Crippen LogP contribution >= 0.6 is 11.6 Å². The van der Waals surface area contributed by atoms with E-state index in [4.69, 9.17) is 16.3 Å². The number of pyridine rings is 1. The fourth-order valence-electron chi connectivity index (χ4n) is 1.79. The van der Waals surface area contributed by atoms with Crippen LogP contribution in [0.3, 0.4) is 0 Å². The van der Waals surface area contributed by atoms with Crippen molar-refractivity contribution in [2.45, 2.75) is 13.5 Å². The molecule has 2 aromatic heterocycles. The lowest BCUT2D eigenvalue weighted by molar-refractivity contribution is 0.0950. The molecule has 0 saturated heterocycles. The highest BCUT2D eigenvalue weighted by Crippen LogP contribution is 2.18. The van der Waals surface area contributed by atoms with Gasteiger partial charge in [0.15, 0.2) is 0 Å². The van der Waals surface area contributed by atoms with Crippen molar-refractivity contribution in [1.82, 2.24) is 20.1 Å². The smallest absolute Gasteiger partial charge is 0.256 e. The Morgan fingerprint density at radius 1 is 1.50 bits per heavy atom. The largest absolute Gasteiger partial charge is 0.481 e. The van der Waals surface area contributed by atoms with Crippen LogP contribution in [-0.4, -0.2) is 27.8 Å². The number of carbonyl (C=O) groups is 1. The van der Waals surface area contributed by atoms with Crippen molar-refractivity contribution in [3.05, 3.63) is 40.3 Å². The van der Waals surface area contributed by atoms with Crippen LogP contribution in [0.2, 0.25) is 5.15 Å². The van der Waals surface area contributed by atoms with Crippen molar-refractivity contribution >= 4 is 17.5 Å². The molecule has 0 fully saturated rings. The predicted octanol–water partition coefficient (Wildman–Crippen LogP) is 1.72. The summed E-state index contributed by atoms with van der Waals surface area (Å²) in [5.41, 5.74) is 1.87. The third-order valence-electron chi connectivity index (χ3n) is 2.84. The summed E-state index contributed by atoms with van der Waals surface area (Å²) >= 11 is 6.04. The standard InChI is InChI=1S/C13H15ClN4O2/c1-8-11(12(14)18(2)17-8)13(19)16-7-9-4-5-10(20-3)15-6-9/h4-6H,7H2,1-3H3,(H,16,19). The highest BCUT2D eigenvalue weighted by molar-refractivity contribution is 6.33. The Bertz CT molecular complexity index is 622. The number of aryl methyl sites for hydroxylation is 2. The molecule has 1 N–H and O–H groups in total. The minimum Gasteiger partial charge on any atom is -0.481 e. The van der Waals surface area contributed by atoms with Gasteiger partial charge in [-0.3, -0.25) is 9.48 Å². The topological polar surface area (TPSA) is 69.0 Å². The van der Waals surface area contributed by atoms with Gasteiger partial charge in [-0.05, 0) is 12.5 Å². The van der Waals surface area contributed by atoms with Gasteiger partial charge in [-0.15, -0.1) is 0 Å². The highest BCUT2D eigenvalue weighted by Gasteiger charge is 2.18. The van der Waals surface area contributed by atoms with Crippen molar-refractivity contribution in [3.63, 3.8) is 0 Å². The molecule has 0 saturated carbocycles. The van der Waals surface area contributed by atoms with Gasteiger partial charge in [0, 0.05) is 25.9 Å². The van der Waals surface area contributed by atoms with Crippen LogP contribution in [0.4, 0.5) is 0 Å². The first kappa shape index (κ1) is 14.3. The average Bonchev–Trinajstić information content (AvgIpc) is 2.70. The number of aromatic nitrogens is 3. The number of nitrogens with zero attached hydrogens (tertiary/aromatic N) is 3. The molecule has 0 atom stereocenters. The minimum absolute atomic E-state index is 0.253. The minimum atomic E-state index is -0.253. The van der Waals surface area contributed by atoms with E-state index in [0.29, 0.717) is 28.8 Å². The average molecular weight is 295 g/mol. The van der Waals surface area contributed by atoms with Crippen LogP contribution in [-0.2, 0) is 13.6 Å². The summed E-state index contributed by atoms with van der Waals surface area (Å²) < 4.78 is 6.44. The van der Waals surface area contributed by atoms with Crippen LogP contribution in [0.1, 0.15) is 21.6 Å². The summed E-state index contributed by atoms with van der Waals surface area (Å²) in [6, 6.07) is 3.58. The molecule has 2 rings (SSSR count). The number of rotatable bonds is 4. The first-order valence-corrected chi connectivity index (χ1v) is 6.37. The van der Waals surface area contributed by atoms with Crippen LogP contribution in [0.15, 0.2) is 18.3 Å². The van der Waals surface area contributed by atoms with E-state index in [2.05, 4.69) is 15.4 Å². The molecule has 0 spiro atoms. The van der Waals surface area contributed by atoms with E-state index in [9.17, 15) is 4.79 Å². The van der Waals surface area contributed by atoms with Crippen molar-refractivity contribution in [3.8, 4) is 5.88 Å². The molecule has 2 aromatic rings. The van der Waals surface area contributed by atoms with E-state index in [1.54, 1.807) is 33.3 Å². The first-order chi connectivity index (χ1) is 9.52. The number of hydrogen-bond acceptors (Lipinski definition) is 4. The lowest BCUT2D eigenvalue weighted by atomic mass is 10.2. The number of amides is 1. The number of carbonyl (C=O) groups excluding carboxylic acids is 1. The fourth-order valence-corrected chi connectivity index (χ4v) is 2.06. The van der Waals surface area contributed by atoms with Gasteiger partial charge in [0.1, 0.15) is 5.15 Å². The lowest BCUT2D eigenvalue weighted by Gasteiger charge is -2.05. The van der Waals surface area contributed by atoms with E-state index in [1.165, 1.54) is 4.68 Å². The summed E-state index contributed by atoms with van der Waals surface area (Å²) in [5, 5.41) is 7.22. The van der Waals surface area contributed by atoms with Gasteiger partial charge < -0.3 is 10.1 Å². The Labute approximate surface area is 121 Å². The Balaban J connectivity index is 2.04. The second-order valence-corrected chi connectivity index (χ2v) is 4.62. The zero-order chi connectivity index (χ0) is 14.7. The fraction of sp³-hybridized carbons (Fsp3) is 0.308. The Morgan fingerprint density at radius 3 is 2.75 bits per heavy atom. The molecule has 7 heteroatoms. The first-order valence-electron chi connectivity index (χ1n) is 5.99. The molecule has 0 aliphatic rings. The van der Waals surface area contributed by atoms with E-state index in [0.717, 1.165) is 5.56 Å². The maximum absolute atomic E-state index is 12.1. The molecule has 0 aliphatic heterocycles. The maximum atomic E-state index is 12.1. The molecule has 0 aliphatic carbocycles. The van der Waals surface area contributed by atoms with Gasteiger partial charge in [0.25, 0.3) is 5.91 Å². The van der Waals surface area contributed by atoms with Gasteiger partial charge in [0.05, 0.1) is 18.4 Å². The molecule has 20 heavy (non-hydrogen) atoms. The molecule has 0 aromatic carbocycles. The van der Waals surface area contributed by atoms with Gasteiger partial charge in [-0.2, -0.15) is 5.10 Å². The molecule has 1 amide bonds. The molecule has 0 unspecified atom stereocenters. The second-order valence-electron chi connectivity index (χ2n) is 4.27. The number of methoxy groups -OCH3 is 1. The predicted molar refractivity (Wildman–Crippen MR) is 74.9 cm³/mol. The van der Waals surface area contributed by atoms with Crippen molar-refractivity contribution in [1.29, 1.82) is 0 Å². The Morgan fingerprint density at radius 2 is 2.25 bits per heavy atom. The summed E-state index contributed by atoms with van der Waals surface area (Å²) in [6.45, 7) is 2.11. The van der Waals surface area contributed by atoms with E-state index < -0.39 is 0 Å². The number of halogens is 1. The van der Waals surface area contributed by atoms with E-state index >= 15 is 0 Å². The summed E-state index contributed by atoms with van der Waals surface area (Å²) in [5.74, 6) is 0.280. The molecule has 2 heterocycles. The van der Waals surface area contributed by atoms with Crippen LogP contribution in [0, 0.1) is 6.92 Å². The zero-order valence-corrected chi connectivity index (χ0v) is 12.2. The van der Waals surface area contributed by atoms with Crippen LogP contribution in [0.25, 0.3) is 0 Å². The molecule has 6 nitrogen and oxygen atoms in total. The van der Waals surface area contributed by atoms with Gasteiger partial charge >= 0.3 is 0 Å². The second kappa shape index (κ2) is 5.92. The molecule has 106 valence electrons. The van der Waals surface area contributed by atoms with Crippen molar-refractivity contribution in [2.75, 3.05) is 7.11 Å². The molecular weight excluding hydrogens is 280 g/mol. The maximum Gasteiger partial charge on any atom is 0.256 e. The van der Waals surface area contributed by atoms with Crippen molar-refractivity contribution < 1.29 is 9.53 Å². The monoisotopic (exact) mass is 294 g/mol. The van der Waals surface area contributed by atoms with Crippen molar-refractivity contribution in [2.24, 2.45) is 7.05 Å². The van der Waals surface area contributed by atoms with Crippen LogP contribution < -0.4 is 10.1 Å². The summed E-state index contributed by atoms with van der Waals surface area (Å²) in [7, 11) is 3.25. The summed E-state index contributed by atoms with van der Waals surface area (Å²) in [4.78, 5) is 16.2. The summed E-state index contributed by atoms with van der Waals surface area (Å²) in [6.07, 6.45) is 1.65. The third-order valence-corrected chi connectivity index (χ3v) is 3.27. The zero-order valence-electron chi connectivity index (χ0n) is 11.5. The SMILES string of the molecule is COc1ccc(CNC(=O)c2c(C)nn(C)c2Cl)cn1. The van der Waals surface area contributed by atoms with E-state index in [-0.39, 0.29) is 5.91 Å². The van der Waals surface area contributed by atoms with Gasteiger partial charge in [0.2, 0.25) is 5.88 Å². The lowest BCUT2D eigenvalue weighted by Crippen LogP contribution is -2.23. The number of hydrogen-bond donors (Lipinski definition) is 1. The van der Waals surface area contributed by atoms with Gasteiger partial charge in [-0.1, -0.05) is 17.7 Å². The van der Waals surface area contributed by atoms with Gasteiger partial charge in [-0.25, -0.2) is 4.98 Å². The van der Waals surface area contributed by atoms with E-state index in [1.807, 2.05) is 6.07 Å². The Hall–Kier alpha value is -2.08. The Kier molecular flexibility index (Phi) is 4.24. The van der Waals surface area contributed by atoms with Crippen LogP contribution in [0.5, 0.6) is 5.88 Å². The number of nitrogens with one attached hydrogen (secondary N) is 1. The molecular formula is C13H15ClN4O2. The quantitative estimate of drug-likeness (QED) is 0.932. The normalized spacial score (nSPS) is 10.4. The molecule has 0 radical (unpaired) electrons. The number of ether oxygens (including phenoxy) is 1. The molecule has 0 bridgehead atoms.